The number of primary sulfonamides is 1. The number of carbonyl (C=O) groups excluding carboxylic acids is 1. The van der Waals surface area contributed by atoms with Gasteiger partial charge in [0.1, 0.15) is 5.60 Å². The molecule has 0 bridgehead atoms. The second kappa shape index (κ2) is 4.55. The van der Waals surface area contributed by atoms with Crippen molar-refractivity contribution in [1.82, 2.24) is 4.90 Å². The Morgan fingerprint density at radius 1 is 1.44 bits per heavy atom. The van der Waals surface area contributed by atoms with Crippen LogP contribution in [-0.4, -0.2) is 37.1 Å². The fraction of sp³-hybridized carbons (Fsp3) is 0.727. The first-order valence-corrected chi connectivity index (χ1v) is 7.27. The van der Waals surface area contributed by atoms with Crippen molar-refractivity contribution >= 4 is 16.1 Å². The van der Waals surface area contributed by atoms with Gasteiger partial charge in [0.05, 0.1) is 5.54 Å². The highest BCUT2D eigenvalue weighted by atomic mass is 32.2. The van der Waals surface area contributed by atoms with Gasteiger partial charge in [-0.1, -0.05) is 0 Å². The van der Waals surface area contributed by atoms with Crippen LogP contribution in [0.3, 0.4) is 0 Å². The summed E-state index contributed by atoms with van der Waals surface area (Å²) in [4.78, 5) is 13.4. The lowest BCUT2D eigenvalue weighted by molar-refractivity contribution is -0.0211. The van der Waals surface area contributed by atoms with Crippen molar-refractivity contribution in [2.75, 3.05) is 6.54 Å². The quantitative estimate of drug-likeness (QED) is 0.820. The minimum absolute atomic E-state index is 0.449. The smallest absolute Gasteiger partial charge is 0.410 e. The van der Waals surface area contributed by atoms with Crippen LogP contribution < -0.4 is 5.14 Å². The third kappa shape index (κ3) is 3.99. The van der Waals surface area contributed by atoms with Crippen LogP contribution in [0.2, 0.25) is 0 Å². The molecule has 1 fully saturated rings. The molecule has 0 saturated carbocycles. The first-order chi connectivity index (χ1) is 7.93. The van der Waals surface area contributed by atoms with Crippen LogP contribution in [-0.2, 0) is 14.8 Å². The van der Waals surface area contributed by atoms with E-state index in [4.69, 9.17) is 9.88 Å². The van der Waals surface area contributed by atoms with Crippen LogP contribution in [0.4, 0.5) is 4.79 Å². The fourth-order valence-corrected chi connectivity index (χ4v) is 2.09. The molecule has 0 radical (unpaired) electrons. The van der Waals surface area contributed by atoms with Crippen molar-refractivity contribution in [2.45, 2.75) is 45.3 Å². The third-order valence-electron chi connectivity index (χ3n) is 2.69. The van der Waals surface area contributed by atoms with E-state index in [0.29, 0.717) is 13.0 Å². The third-order valence-corrected chi connectivity index (χ3v) is 3.20. The Hall–Kier alpha value is -1.08. The summed E-state index contributed by atoms with van der Waals surface area (Å²) in [6, 6.07) is 0. The first-order valence-electron chi connectivity index (χ1n) is 5.66. The Balaban J connectivity index is 2.76. The number of likely N-dealkylation sites (tertiary alicyclic amines) is 1. The van der Waals surface area contributed by atoms with Gasteiger partial charge in [-0.2, -0.15) is 0 Å². The summed E-state index contributed by atoms with van der Waals surface area (Å²) < 4.78 is 27.0. The SMILES string of the molecule is CC(C)(C)OC(=O)N1CCC1(C)C=CS(N)(=O)=O. The largest absolute Gasteiger partial charge is 0.444 e. The summed E-state index contributed by atoms with van der Waals surface area (Å²) in [6.07, 6.45) is 1.66. The summed E-state index contributed by atoms with van der Waals surface area (Å²) in [6.45, 7) is 7.65. The summed E-state index contributed by atoms with van der Waals surface area (Å²) in [5, 5.41) is 5.82. The second-order valence-corrected chi connectivity index (χ2v) is 7.08. The molecule has 6 nitrogen and oxygen atoms in total. The molecule has 0 aromatic heterocycles. The predicted molar refractivity (Wildman–Crippen MR) is 68.2 cm³/mol. The molecule has 1 rings (SSSR count). The lowest BCUT2D eigenvalue weighted by Crippen LogP contribution is -2.60. The zero-order valence-electron chi connectivity index (χ0n) is 11.1. The van der Waals surface area contributed by atoms with Crippen LogP contribution in [0.1, 0.15) is 34.1 Å². The number of hydrogen-bond acceptors (Lipinski definition) is 4. The standard InChI is InChI=1S/C11H20N2O4S/c1-10(2,3)17-9(14)13-7-5-11(13,4)6-8-18(12,15)16/h6,8H,5,7H2,1-4H3,(H2,12,15,16). The van der Waals surface area contributed by atoms with Gasteiger partial charge in [-0.05, 0) is 40.2 Å². The lowest BCUT2D eigenvalue weighted by Gasteiger charge is -2.48. The number of rotatable bonds is 2. The lowest BCUT2D eigenvalue weighted by atomic mass is 9.87. The number of hydrogen-bond donors (Lipinski definition) is 1. The second-order valence-electron chi connectivity index (χ2n) is 5.63. The molecule has 1 atom stereocenters. The van der Waals surface area contributed by atoms with E-state index in [1.165, 1.54) is 11.0 Å². The molecule has 0 aromatic carbocycles. The van der Waals surface area contributed by atoms with Gasteiger partial charge in [0.25, 0.3) is 0 Å². The van der Waals surface area contributed by atoms with E-state index in [1.54, 1.807) is 27.7 Å². The van der Waals surface area contributed by atoms with Crippen molar-refractivity contribution in [1.29, 1.82) is 0 Å². The van der Waals surface area contributed by atoms with E-state index in [2.05, 4.69) is 0 Å². The summed E-state index contributed by atoms with van der Waals surface area (Å²) in [7, 11) is -3.68. The maximum absolute atomic E-state index is 11.9. The summed E-state index contributed by atoms with van der Waals surface area (Å²) in [5.74, 6) is 0. The number of nitrogens with two attached hydrogens (primary N) is 1. The van der Waals surface area contributed by atoms with E-state index in [0.717, 1.165) is 5.41 Å². The maximum Gasteiger partial charge on any atom is 0.410 e. The molecule has 1 unspecified atom stereocenters. The van der Waals surface area contributed by atoms with Gasteiger partial charge >= 0.3 is 6.09 Å². The number of nitrogens with zero attached hydrogens (tertiary/aromatic N) is 1. The van der Waals surface area contributed by atoms with E-state index >= 15 is 0 Å². The van der Waals surface area contributed by atoms with Crippen LogP contribution in [0.25, 0.3) is 0 Å². The highest BCUT2D eigenvalue weighted by molar-refractivity contribution is 7.92. The number of ether oxygens (including phenoxy) is 1. The van der Waals surface area contributed by atoms with Crippen LogP contribution in [0.15, 0.2) is 11.5 Å². The number of sulfonamides is 1. The van der Waals surface area contributed by atoms with Gasteiger partial charge in [-0.25, -0.2) is 18.4 Å². The molecule has 2 N–H and O–H groups in total. The Labute approximate surface area is 108 Å². The van der Waals surface area contributed by atoms with E-state index in [1.807, 2.05) is 0 Å². The topological polar surface area (TPSA) is 89.7 Å². The minimum atomic E-state index is -3.68. The first kappa shape index (κ1) is 15.0. The molecule has 104 valence electrons. The van der Waals surface area contributed by atoms with Crippen LogP contribution in [0.5, 0.6) is 0 Å². The predicted octanol–water partition coefficient (Wildman–Crippen LogP) is 1.19. The van der Waals surface area contributed by atoms with Crippen molar-refractivity contribution in [3.8, 4) is 0 Å². The van der Waals surface area contributed by atoms with Crippen molar-refractivity contribution in [3.63, 3.8) is 0 Å². The van der Waals surface area contributed by atoms with Gasteiger partial charge in [0.2, 0.25) is 10.0 Å². The maximum atomic E-state index is 11.9. The molecule has 1 heterocycles. The molecule has 1 aliphatic rings. The average molecular weight is 276 g/mol. The minimum Gasteiger partial charge on any atom is -0.444 e. The molecule has 0 aliphatic carbocycles. The van der Waals surface area contributed by atoms with Gasteiger partial charge in [0, 0.05) is 12.0 Å². The molecule has 0 aromatic rings. The average Bonchev–Trinajstić information content (AvgIpc) is 2.07. The molecule has 18 heavy (non-hydrogen) atoms. The Bertz CT molecular complexity index is 464. The van der Waals surface area contributed by atoms with E-state index in [9.17, 15) is 13.2 Å². The van der Waals surface area contributed by atoms with Crippen LogP contribution in [0, 0.1) is 0 Å². The molecule has 7 heteroatoms. The van der Waals surface area contributed by atoms with E-state index < -0.39 is 27.3 Å². The highest BCUT2D eigenvalue weighted by Gasteiger charge is 2.43. The fourth-order valence-electron chi connectivity index (χ4n) is 1.61. The number of amides is 1. The molecule has 1 saturated heterocycles. The Morgan fingerprint density at radius 3 is 2.33 bits per heavy atom. The van der Waals surface area contributed by atoms with Gasteiger partial charge in [-0.3, -0.25) is 4.90 Å². The summed E-state index contributed by atoms with van der Waals surface area (Å²) >= 11 is 0. The van der Waals surface area contributed by atoms with Crippen molar-refractivity contribution in [2.24, 2.45) is 5.14 Å². The van der Waals surface area contributed by atoms with Crippen LogP contribution >= 0.6 is 0 Å². The van der Waals surface area contributed by atoms with Gasteiger partial charge in [0.15, 0.2) is 0 Å². The molecular weight excluding hydrogens is 256 g/mol. The van der Waals surface area contributed by atoms with Gasteiger partial charge < -0.3 is 4.74 Å². The van der Waals surface area contributed by atoms with Crippen molar-refractivity contribution < 1.29 is 17.9 Å². The Kier molecular flexibility index (Phi) is 3.78. The zero-order chi connectivity index (χ0) is 14.2. The summed E-state index contributed by atoms with van der Waals surface area (Å²) in [5.41, 5.74) is -1.22. The van der Waals surface area contributed by atoms with Crippen molar-refractivity contribution in [3.05, 3.63) is 11.5 Å². The van der Waals surface area contributed by atoms with Gasteiger partial charge in [-0.15, -0.1) is 0 Å². The molecular formula is C11H20N2O4S. The zero-order valence-corrected chi connectivity index (χ0v) is 12.0. The monoisotopic (exact) mass is 276 g/mol. The molecule has 0 spiro atoms. The Morgan fingerprint density at radius 2 is 2.00 bits per heavy atom. The normalized spacial score (nSPS) is 25.1. The number of carbonyl (C=O) groups is 1. The molecule has 1 amide bonds. The molecule has 1 aliphatic heterocycles. The highest BCUT2D eigenvalue weighted by Crippen LogP contribution is 2.33. The van der Waals surface area contributed by atoms with E-state index in [-0.39, 0.29) is 0 Å².